The smallest absolute Gasteiger partial charge is 0.462 e. The minimum Gasteiger partial charge on any atom is -0.462 e. The van der Waals surface area contributed by atoms with Crippen molar-refractivity contribution >= 4 is 19.8 Å². The van der Waals surface area contributed by atoms with Gasteiger partial charge in [0.25, 0.3) is 0 Å². The van der Waals surface area contributed by atoms with E-state index < -0.39 is 51.8 Å². The van der Waals surface area contributed by atoms with Gasteiger partial charge in [0.1, 0.15) is 12.7 Å². The molecule has 0 radical (unpaired) electrons. The maximum atomic E-state index is 12.7. The summed E-state index contributed by atoms with van der Waals surface area (Å²) in [4.78, 5) is 35.1. The molecule has 0 fully saturated rings. The zero-order valence-electron chi connectivity index (χ0n) is 40.3. The van der Waals surface area contributed by atoms with Crippen LogP contribution in [0, 0.1) is 0 Å². The molecular weight excluding hydrogens is 816 g/mol. The first-order chi connectivity index (χ1) is 30.7. The van der Waals surface area contributed by atoms with Crippen molar-refractivity contribution in [3.8, 4) is 0 Å². The molecule has 0 aromatic carbocycles. The van der Waals surface area contributed by atoms with Gasteiger partial charge in [0.15, 0.2) is 6.10 Å². The number of rotatable bonds is 48. The van der Waals surface area contributed by atoms with Gasteiger partial charge in [-0.1, -0.05) is 217 Å². The van der Waals surface area contributed by atoms with Crippen molar-refractivity contribution in [3.05, 3.63) is 48.6 Å². The van der Waals surface area contributed by atoms with E-state index >= 15 is 0 Å². The van der Waals surface area contributed by atoms with Crippen LogP contribution < -0.4 is 0 Å². The van der Waals surface area contributed by atoms with Crippen LogP contribution in [-0.4, -0.2) is 65.7 Å². The van der Waals surface area contributed by atoms with Crippen LogP contribution in [0.15, 0.2) is 48.6 Å². The third kappa shape index (κ3) is 47.7. The second-order valence-corrected chi connectivity index (χ2v) is 18.7. The summed E-state index contributed by atoms with van der Waals surface area (Å²) in [7, 11) is -4.64. The van der Waals surface area contributed by atoms with Crippen LogP contribution in [0.1, 0.15) is 232 Å². The molecule has 0 amide bonds. The summed E-state index contributed by atoms with van der Waals surface area (Å²) in [5, 5.41) is 18.4. The second-order valence-electron chi connectivity index (χ2n) is 17.2. The quantitative estimate of drug-likeness (QED) is 0.0233. The number of carbonyl (C=O) groups excluding carboxylic acids is 2. The zero-order chi connectivity index (χ0) is 46.2. The first kappa shape index (κ1) is 60.9. The number of aliphatic hydroxyl groups is 2. The standard InChI is InChI=1S/C52H95O10P/c1-3-5-7-9-11-13-15-17-19-21-23-24-26-28-30-32-34-36-38-40-42-44-52(56)62-50(48-61-63(57,58)60-46-49(54)45-53)47-59-51(55)43-41-39-37-35-33-31-29-27-25-22-20-18-16-14-12-10-8-6-4-2/h19,21,24,26,30,32,36,38,49-50,53-54H,3-18,20,22-23,25,27-29,31,33-35,37,39-48H2,1-2H3,(H,57,58)/b21-19+,26-24+,32-30+,38-36+/t49-,50+/m0/s1. The summed E-state index contributed by atoms with van der Waals surface area (Å²) in [6.07, 6.45) is 53.7. The molecule has 0 saturated heterocycles. The summed E-state index contributed by atoms with van der Waals surface area (Å²) in [6, 6.07) is 0. The third-order valence-electron chi connectivity index (χ3n) is 11.0. The van der Waals surface area contributed by atoms with Crippen molar-refractivity contribution < 1.29 is 47.8 Å². The normalized spacial score (nSPS) is 14.0. The van der Waals surface area contributed by atoms with Gasteiger partial charge in [-0.2, -0.15) is 0 Å². The number of carbonyl (C=O) groups is 2. The largest absolute Gasteiger partial charge is 0.472 e. The Morgan fingerprint density at radius 2 is 0.841 bits per heavy atom. The van der Waals surface area contributed by atoms with Gasteiger partial charge in [-0.15, -0.1) is 0 Å². The summed E-state index contributed by atoms with van der Waals surface area (Å²) >= 11 is 0. The molecule has 0 heterocycles. The van der Waals surface area contributed by atoms with Gasteiger partial charge in [-0.25, -0.2) is 4.57 Å². The molecule has 0 aliphatic heterocycles. The van der Waals surface area contributed by atoms with Gasteiger partial charge >= 0.3 is 19.8 Å². The van der Waals surface area contributed by atoms with Crippen molar-refractivity contribution in [2.24, 2.45) is 0 Å². The molecule has 0 aromatic heterocycles. The van der Waals surface area contributed by atoms with E-state index in [1.54, 1.807) is 0 Å². The van der Waals surface area contributed by atoms with Crippen molar-refractivity contribution in [2.45, 2.75) is 244 Å². The Bertz CT molecular complexity index is 1190. The maximum Gasteiger partial charge on any atom is 0.472 e. The minimum absolute atomic E-state index is 0.109. The Hall–Kier alpha value is -2.07. The number of unbranched alkanes of at least 4 members (excludes halogenated alkanes) is 26. The molecule has 368 valence electrons. The van der Waals surface area contributed by atoms with Gasteiger partial charge in [-0.05, 0) is 51.4 Å². The van der Waals surface area contributed by atoms with E-state index in [0.29, 0.717) is 19.3 Å². The summed E-state index contributed by atoms with van der Waals surface area (Å²) in [5.74, 6) is -0.982. The van der Waals surface area contributed by atoms with Crippen LogP contribution in [0.4, 0.5) is 0 Å². The van der Waals surface area contributed by atoms with Gasteiger partial charge in [0.2, 0.25) is 0 Å². The average Bonchev–Trinajstić information content (AvgIpc) is 3.27. The summed E-state index contributed by atoms with van der Waals surface area (Å²) in [5.41, 5.74) is 0. The van der Waals surface area contributed by atoms with Crippen LogP contribution in [0.5, 0.6) is 0 Å². The highest BCUT2D eigenvalue weighted by atomic mass is 31.2. The lowest BCUT2D eigenvalue weighted by atomic mass is 10.0. The summed E-state index contributed by atoms with van der Waals surface area (Å²) < 4.78 is 32.8. The highest BCUT2D eigenvalue weighted by molar-refractivity contribution is 7.47. The zero-order valence-corrected chi connectivity index (χ0v) is 41.2. The number of allylic oxidation sites excluding steroid dienone is 8. The van der Waals surface area contributed by atoms with Crippen molar-refractivity contribution in [2.75, 3.05) is 26.4 Å². The van der Waals surface area contributed by atoms with Crippen molar-refractivity contribution in [1.29, 1.82) is 0 Å². The molecule has 3 atom stereocenters. The molecule has 0 aliphatic carbocycles. The highest BCUT2D eigenvalue weighted by Gasteiger charge is 2.27. The van der Waals surface area contributed by atoms with E-state index in [1.807, 2.05) is 6.08 Å². The van der Waals surface area contributed by atoms with Crippen LogP contribution >= 0.6 is 7.82 Å². The number of phosphoric acid groups is 1. The molecule has 0 rings (SSSR count). The van der Waals surface area contributed by atoms with Crippen molar-refractivity contribution in [1.82, 2.24) is 0 Å². The van der Waals surface area contributed by atoms with Crippen LogP contribution in [0.3, 0.4) is 0 Å². The molecule has 0 bridgehead atoms. The molecule has 3 N–H and O–H groups in total. The Labute approximate surface area is 385 Å². The van der Waals surface area contributed by atoms with E-state index in [4.69, 9.17) is 23.6 Å². The molecule has 0 aromatic rings. The summed E-state index contributed by atoms with van der Waals surface area (Å²) in [6.45, 7) is 2.35. The van der Waals surface area contributed by atoms with Gasteiger partial charge in [0, 0.05) is 12.8 Å². The molecule has 0 saturated carbocycles. The van der Waals surface area contributed by atoms with E-state index in [9.17, 15) is 24.2 Å². The molecule has 11 heteroatoms. The Kier molecular flexibility index (Phi) is 46.3. The van der Waals surface area contributed by atoms with Gasteiger partial charge in [0.05, 0.1) is 19.8 Å². The molecule has 10 nitrogen and oxygen atoms in total. The SMILES string of the molecule is CCCCCCCCC/C=C/C/C=C/C/C=C/C/C=C/CCCC(=O)O[C@H](COC(=O)CCCCCCCCCCCCCCCCCCCCC)COP(=O)(O)OC[C@@H](O)CO. The van der Waals surface area contributed by atoms with Crippen LogP contribution in [-0.2, 0) is 32.7 Å². The highest BCUT2D eigenvalue weighted by Crippen LogP contribution is 2.43. The molecule has 0 spiro atoms. The topological polar surface area (TPSA) is 149 Å². The fourth-order valence-corrected chi connectivity index (χ4v) is 7.84. The first-order valence-corrected chi connectivity index (χ1v) is 27.1. The van der Waals surface area contributed by atoms with E-state index in [-0.39, 0.29) is 19.4 Å². The van der Waals surface area contributed by atoms with Gasteiger partial charge < -0.3 is 24.6 Å². The minimum atomic E-state index is -4.64. The number of esters is 2. The van der Waals surface area contributed by atoms with Crippen LogP contribution in [0.25, 0.3) is 0 Å². The fraction of sp³-hybridized carbons (Fsp3) is 0.808. The maximum absolute atomic E-state index is 12.7. The van der Waals surface area contributed by atoms with E-state index in [2.05, 4.69) is 56.4 Å². The number of hydrogen-bond acceptors (Lipinski definition) is 9. The van der Waals surface area contributed by atoms with Crippen LogP contribution in [0.2, 0.25) is 0 Å². The average molecular weight is 911 g/mol. The van der Waals surface area contributed by atoms with E-state index in [0.717, 1.165) is 38.5 Å². The van der Waals surface area contributed by atoms with E-state index in [1.165, 1.54) is 148 Å². The molecular formula is C52H95O10P. The predicted octanol–water partition coefficient (Wildman–Crippen LogP) is 14.5. The lowest BCUT2D eigenvalue weighted by molar-refractivity contribution is -0.161. The Morgan fingerprint density at radius 1 is 0.476 bits per heavy atom. The Balaban J connectivity index is 4.27. The molecule has 63 heavy (non-hydrogen) atoms. The first-order valence-electron chi connectivity index (χ1n) is 25.6. The Morgan fingerprint density at radius 3 is 1.29 bits per heavy atom. The lowest BCUT2D eigenvalue weighted by Crippen LogP contribution is -2.29. The molecule has 0 aliphatic rings. The number of aliphatic hydroxyl groups excluding tert-OH is 2. The number of phosphoric ester groups is 1. The number of ether oxygens (including phenoxy) is 2. The monoisotopic (exact) mass is 911 g/mol. The number of hydrogen-bond donors (Lipinski definition) is 3. The second kappa shape index (κ2) is 47.9. The van der Waals surface area contributed by atoms with Gasteiger partial charge in [-0.3, -0.25) is 18.6 Å². The predicted molar refractivity (Wildman–Crippen MR) is 261 cm³/mol. The third-order valence-corrected chi connectivity index (χ3v) is 11.9. The molecule has 1 unspecified atom stereocenters. The fourth-order valence-electron chi connectivity index (χ4n) is 7.05. The van der Waals surface area contributed by atoms with Crippen molar-refractivity contribution in [3.63, 3.8) is 0 Å². The lowest BCUT2D eigenvalue weighted by Gasteiger charge is -2.20.